The van der Waals surface area contributed by atoms with Crippen LogP contribution >= 0.6 is 24.0 Å². The number of para-hydroxylation sites is 1. The molecule has 1 aromatic carbocycles. The van der Waals surface area contributed by atoms with Crippen LogP contribution < -0.4 is 5.32 Å². The van der Waals surface area contributed by atoms with Gasteiger partial charge in [0.05, 0.1) is 18.1 Å². The van der Waals surface area contributed by atoms with Crippen LogP contribution in [0.15, 0.2) is 70.5 Å². The molecule has 0 atom stereocenters. The number of amides is 1. The summed E-state index contributed by atoms with van der Waals surface area (Å²) in [6.07, 6.45) is 5.39. The number of nitrogens with one attached hydrogen (secondary N) is 1. The lowest BCUT2D eigenvalue weighted by atomic mass is 10.3. The minimum Gasteiger partial charge on any atom is -0.459 e. The maximum absolute atomic E-state index is 12.4. The third-order valence-corrected chi connectivity index (χ3v) is 4.92. The van der Waals surface area contributed by atoms with E-state index in [1.807, 2.05) is 52.3 Å². The number of carbonyl (C=O) groups is 1. The van der Waals surface area contributed by atoms with Crippen LogP contribution in [0.4, 0.5) is 0 Å². The topological polar surface area (TPSA) is 78.9 Å². The summed E-state index contributed by atoms with van der Waals surface area (Å²) in [6.45, 7) is 3.33. The summed E-state index contributed by atoms with van der Waals surface area (Å²) in [5.41, 5.74) is 2.10. The first-order valence-corrected chi connectivity index (χ1v) is 9.62. The van der Waals surface area contributed by atoms with Crippen molar-refractivity contribution >= 4 is 35.8 Å². The molecule has 0 saturated carbocycles. The lowest BCUT2D eigenvalue weighted by Gasteiger charge is -2.36. The number of rotatable bonds is 4. The maximum Gasteiger partial charge on any atom is 0.289 e. The molecular formula is C21H25IN6O2. The first-order chi connectivity index (χ1) is 14.2. The van der Waals surface area contributed by atoms with Gasteiger partial charge in [0, 0.05) is 51.5 Å². The van der Waals surface area contributed by atoms with Crippen molar-refractivity contribution < 1.29 is 9.21 Å². The second-order valence-corrected chi connectivity index (χ2v) is 6.79. The fourth-order valence-corrected chi connectivity index (χ4v) is 3.36. The summed E-state index contributed by atoms with van der Waals surface area (Å²) in [7, 11) is 1.77. The number of guanidine groups is 1. The predicted octanol–water partition coefficient (Wildman–Crippen LogP) is 2.62. The van der Waals surface area contributed by atoms with Crippen LogP contribution in [0.5, 0.6) is 0 Å². The van der Waals surface area contributed by atoms with E-state index in [2.05, 4.69) is 20.3 Å². The monoisotopic (exact) mass is 520 g/mol. The molecule has 158 valence electrons. The summed E-state index contributed by atoms with van der Waals surface area (Å²) in [5, 5.41) is 7.82. The number of benzene rings is 1. The molecule has 8 nitrogen and oxygen atoms in total. The normalized spacial score (nSPS) is 14.4. The Morgan fingerprint density at radius 2 is 1.83 bits per heavy atom. The highest BCUT2D eigenvalue weighted by molar-refractivity contribution is 14.0. The molecule has 0 spiro atoms. The second kappa shape index (κ2) is 10.3. The van der Waals surface area contributed by atoms with E-state index in [1.165, 1.54) is 6.26 Å². The van der Waals surface area contributed by atoms with Gasteiger partial charge in [-0.3, -0.25) is 9.79 Å². The number of carbonyl (C=O) groups excluding carboxylic acids is 1. The molecule has 3 aromatic rings. The van der Waals surface area contributed by atoms with Crippen molar-refractivity contribution in [1.82, 2.24) is 24.9 Å². The summed E-state index contributed by atoms with van der Waals surface area (Å²) in [4.78, 5) is 20.8. The fraction of sp³-hybridized carbons (Fsp3) is 0.286. The second-order valence-electron chi connectivity index (χ2n) is 6.79. The third-order valence-electron chi connectivity index (χ3n) is 4.92. The zero-order valence-electron chi connectivity index (χ0n) is 16.8. The Morgan fingerprint density at radius 1 is 1.10 bits per heavy atom. The average molecular weight is 520 g/mol. The standard InChI is InChI=1S/C21H24N6O2.HI/c1-22-21(23-14-17-15-24-27(16-17)18-6-3-2-4-7-18)26-11-9-25(10-12-26)20(28)19-8-5-13-29-19;/h2-8,13,15-16H,9-12,14H2,1H3,(H,22,23);1H. The fourth-order valence-electron chi connectivity index (χ4n) is 3.36. The third kappa shape index (κ3) is 5.02. The van der Waals surface area contributed by atoms with Crippen molar-refractivity contribution in [1.29, 1.82) is 0 Å². The Balaban J connectivity index is 0.00000256. The minimum atomic E-state index is -0.0640. The highest BCUT2D eigenvalue weighted by Gasteiger charge is 2.25. The average Bonchev–Trinajstić information content (AvgIpc) is 3.47. The number of aromatic nitrogens is 2. The van der Waals surface area contributed by atoms with Gasteiger partial charge in [0.25, 0.3) is 5.91 Å². The van der Waals surface area contributed by atoms with Crippen molar-refractivity contribution in [2.24, 2.45) is 4.99 Å². The number of hydrogen-bond acceptors (Lipinski definition) is 4. The Kier molecular flexibility index (Phi) is 7.50. The number of nitrogens with zero attached hydrogens (tertiary/aromatic N) is 5. The van der Waals surface area contributed by atoms with Crippen LogP contribution in [0, 0.1) is 0 Å². The van der Waals surface area contributed by atoms with Crippen LogP contribution in [0.25, 0.3) is 5.69 Å². The number of hydrogen-bond donors (Lipinski definition) is 1. The molecule has 4 rings (SSSR count). The van der Waals surface area contributed by atoms with Crippen molar-refractivity contribution in [3.05, 3.63) is 72.4 Å². The Morgan fingerprint density at radius 3 is 2.50 bits per heavy atom. The van der Waals surface area contributed by atoms with Gasteiger partial charge in [-0.15, -0.1) is 24.0 Å². The maximum atomic E-state index is 12.4. The van der Waals surface area contributed by atoms with E-state index in [9.17, 15) is 4.79 Å². The zero-order valence-corrected chi connectivity index (χ0v) is 19.1. The molecule has 2 aromatic heterocycles. The molecule has 1 aliphatic heterocycles. The highest BCUT2D eigenvalue weighted by Crippen LogP contribution is 2.10. The Hall–Kier alpha value is -2.82. The van der Waals surface area contributed by atoms with Crippen LogP contribution in [0.1, 0.15) is 16.1 Å². The lowest BCUT2D eigenvalue weighted by molar-refractivity contribution is 0.0657. The molecule has 0 radical (unpaired) electrons. The van der Waals surface area contributed by atoms with E-state index >= 15 is 0 Å². The van der Waals surface area contributed by atoms with Gasteiger partial charge < -0.3 is 19.5 Å². The van der Waals surface area contributed by atoms with Gasteiger partial charge in [-0.25, -0.2) is 4.68 Å². The van der Waals surface area contributed by atoms with Gasteiger partial charge in [-0.2, -0.15) is 5.10 Å². The first-order valence-electron chi connectivity index (χ1n) is 9.62. The summed E-state index contributed by atoms with van der Waals surface area (Å²) < 4.78 is 7.08. The van der Waals surface area contributed by atoms with E-state index < -0.39 is 0 Å². The lowest BCUT2D eigenvalue weighted by Crippen LogP contribution is -2.53. The highest BCUT2D eigenvalue weighted by atomic mass is 127. The molecule has 1 N–H and O–H groups in total. The smallest absolute Gasteiger partial charge is 0.289 e. The molecule has 3 heterocycles. The predicted molar refractivity (Wildman–Crippen MR) is 125 cm³/mol. The number of aliphatic imine (C=N–C) groups is 1. The SMILES string of the molecule is CN=C(NCc1cnn(-c2ccccc2)c1)N1CCN(C(=O)c2ccco2)CC1.I. The number of piperazine rings is 1. The van der Waals surface area contributed by atoms with E-state index in [-0.39, 0.29) is 29.9 Å². The minimum absolute atomic E-state index is 0. The number of halogens is 1. The Bertz CT molecular complexity index is 963. The van der Waals surface area contributed by atoms with E-state index in [4.69, 9.17) is 4.42 Å². The van der Waals surface area contributed by atoms with Gasteiger partial charge in [0.15, 0.2) is 11.7 Å². The molecular weight excluding hydrogens is 495 g/mol. The summed E-state index contributed by atoms with van der Waals surface area (Å²) in [6, 6.07) is 13.4. The summed E-state index contributed by atoms with van der Waals surface area (Å²) in [5.74, 6) is 1.14. The molecule has 1 aliphatic rings. The first kappa shape index (κ1) is 21.9. The Labute approximate surface area is 192 Å². The van der Waals surface area contributed by atoms with Crippen molar-refractivity contribution in [3.63, 3.8) is 0 Å². The quantitative estimate of drug-likeness (QED) is 0.325. The van der Waals surface area contributed by atoms with Crippen LogP contribution in [0.2, 0.25) is 0 Å². The number of furan rings is 1. The molecule has 9 heteroatoms. The van der Waals surface area contributed by atoms with Crippen LogP contribution in [-0.4, -0.2) is 64.7 Å². The van der Waals surface area contributed by atoms with E-state index in [1.54, 1.807) is 19.2 Å². The van der Waals surface area contributed by atoms with Crippen LogP contribution in [-0.2, 0) is 6.54 Å². The molecule has 1 fully saturated rings. The molecule has 30 heavy (non-hydrogen) atoms. The molecule has 0 unspecified atom stereocenters. The largest absolute Gasteiger partial charge is 0.459 e. The van der Waals surface area contributed by atoms with Crippen molar-refractivity contribution in [2.45, 2.75) is 6.54 Å². The van der Waals surface area contributed by atoms with Crippen molar-refractivity contribution in [3.8, 4) is 5.69 Å². The van der Waals surface area contributed by atoms with Gasteiger partial charge in [-0.05, 0) is 24.3 Å². The molecule has 1 saturated heterocycles. The van der Waals surface area contributed by atoms with E-state index in [0.29, 0.717) is 25.4 Å². The van der Waals surface area contributed by atoms with Gasteiger partial charge in [0.2, 0.25) is 0 Å². The molecule has 0 aliphatic carbocycles. The van der Waals surface area contributed by atoms with Crippen LogP contribution in [0.3, 0.4) is 0 Å². The van der Waals surface area contributed by atoms with Gasteiger partial charge in [0.1, 0.15) is 0 Å². The molecule has 1 amide bonds. The van der Waals surface area contributed by atoms with E-state index in [0.717, 1.165) is 30.3 Å². The van der Waals surface area contributed by atoms with Gasteiger partial charge >= 0.3 is 0 Å². The zero-order chi connectivity index (χ0) is 20.1. The molecule has 0 bridgehead atoms. The summed E-state index contributed by atoms with van der Waals surface area (Å²) >= 11 is 0. The van der Waals surface area contributed by atoms with Crippen molar-refractivity contribution in [2.75, 3.05) is 33.2 Å². The van der Waals surface area contributed by atoms with Gasteiger partial charge in [-0.1, -0.05) is 18.2 Å².